The van der Waals surface area contributed by atoms with Crippen LogP contribution in [0, 0.1) is 0 Å². The molecule has 1 atom stereocenters. The second kappa shape index (κ2) is 13.9. The number of hydrogen-bond donors (Lipinski definition) is 1. The molecule has 0 aromatic heterocycles. The summed E-state index contributed by atoms with van der Waals surface area (Å²) in [5.41, 5.74) is 2.07. The molecule has 4 rings (SSSR count). The van der Waals surface area contributed by atoms with Gasteiger partial charge >= 0.3 is 6.03 Å². The summed E-state index contributed by atoms with van der Waals surface area (Å²) in [6.07, 6.45) is 0.496. The molecule has 0 spiro atoms. The number of morpholine rings is 1. The minimum Gasteiger partial charge on any atom is -0.497 e. The molecule has 0 bridgehead atoms. The average Bonchev–Trinajstić information content (AvgIpc) is 3.44. The molecule has 2 aromatic carbocycles. The van der Waals surface area contributed by atoms with Gasteiger partial charge in [0.25, 0.3) is 5.91 Å². The van der Waals surface area contributed by atoms with Crippen molar-refractivity contribution >= 4 is 17.6 Å². The summed E-state index contributed by atoms with van der Waals surface area (Å²) in [5.74, 6) is 1.63. The smallest absolute Gasteiger partial charge is 0.318 e. The van der Waals surface area contributed by atoms with Crippen molar-refractivity contribution in [1.29, 1.82) is 0 Å². The third kappa shape index (κ3) is 7.92. The number of hydrogen-bond acceptors (Lipinski definition) is 8. The Bertz CT molecular complexity index is 1250. The molecule has 1 N–H and O–H groups in total. The highest BCUT2D eigenvalue weighted by atomic mass is 16.5. The predicted octanol–water partition coefficient (Wildman–Crippen LogP) is 3.53. The summed E-state index contributed by atoms with van der Waals surface area (Å²) < 4.78 is 21.7. The number of methoxy groups -OCH3 is 3. The molecule has 0 aliphatic carbocycles. The predicted molar refractivity (Wildman–Crippen MR) is 160 cm³/mol. The second-order valence-corrected chi connectivity index (χ2v) is 11.4. The first-order valence-corrected chi connectivity index (χ1v) is 14.2. The SMILES string of the molecule is COc1ccc(C2=NN(C(=O)CN(CCN3CCOCC3)C(=O)NC(C)(C)C)[C@H](c3ccc(OC)c(OC)c3)C2)cc1. The van der Waals surface area contributed by atoms with Crippen LogP contribution in [0.15, 0.2) is 47.6 Å². The van der Waals surface area contributed by atoms with Gasteiger partial charge in [0.05, 0.1) is 46.3 Å². The lowest BCUT2D eigenvalue weighted by Gasteiger charge is -2.33. The van der Waals surface area contributed by atoms with Crippen LogP contribution in [0.3, 0.4) is 0 Å². The van der Waals surface area contributed by atoms with Crippen molar-refractivity contribution < 1.29 is 28.5 Å². The molecular weight excluding hydrogens is 538 g/mol. The Morgan fingerprint density at radius 1 is 1.00 bits per heavy atom. The Labute approximate surface area is 248 Å². The second-order valence-electron chi connectivity index (χ2n) is 11.4. The number of amides is 3. The summed E-state index contributed by atoms with van der Waals surface area (Å²) >= 11 is 0. The highest BCUT2D eigenvalue weighted by Gasteiger charge is 2.35. The zero-order valence-electron chi connectivity index (χ0n) is 25.5. The molecule has 2 aliphatic heterocycles. The van der Waals surface area contributed by atoms with Crippen molar-refractivity contribution in [2.45, 2.75) is 38.8 Å². The number of carbonyl (C=O) groups excluding carboxylic acids is 2. The molecule has 228 valence electrons. The van der Waals surface area contributed by atoms with Gasteiger partial charge in [0, 0.05) is 38.1 Å². The van der Waals surface area contributed by atoms with E-state index in [1.807, 2.05) is 63.2 Å². The minimum atomic E-state index is -0.452. The lowest BCUT2D eigenvalue weighted by Crippen LogP contribution is -2.53. The van der Waals surface area contributed by atoms with E-state index in [9.17, 15) is 9.59 Å². The topological polar surface area (TPSA) is 105 Å². The van der Waals surface area contributed by atoms with E-state index < -0.39 is 5.54 Å². The van der Waals surface area contributed by atoms with Gasteiger partial charge in [-0.25, -0.2) is 9.80 Å². The molecule has 1 fully saturated rings. The number of benzene rings is 2. The zero-order valence-corrected chi connectivity index (χ0v) is 25.5. The molecule has 42 heavy (non-hydrogen) atoms. The Kier molecular flexibility index (Phi) is 10.3. The fraction of sp³-hybridized carbons (Fsp3) is 0.516. The summed E-state index contributed by atoms with van der Waals surface area (Å²) in [6.45, 7) is 9.62. The highest BCUT2D eigenvalue weighted by molar-refractivity contribution is 6.03. The molecule has 0 unspecified atom stereocenters. The van der Waals surface area contributed by atoms with Crippen LogP contribution >= 0.6 is 0 Å². The van der Waals surface area contributed by atoms with Crippen molar-refractivity contribution in [2.75, 3.05) is 67.3 Å². The van der Waals surface area contributed by atoms with Crippen LogP contribution in [0.25, 0.3) is 0 Å². The normalized spacial score (nSPS) is 17.4. The Morgan fingerprint density at radius 3 is 2.31 bits per heavy atom. The van der Waals surface area contributed by atoms with E-state index in [0.717, 1.165) is 35.7 Å². The molecule has 1 saturated heterocycles. The maximum atomic E-state index is 14.0. The summed E-state index contributed by atoms with van der Waals surface area (Å²) in [7, 11) is 4.79. The first-order valence-electron chi connectivity index (χ1n) is 14.2. The molecule has 0 radical (unpaired) electrons. The van der Waals surface area contributed by atoms with Gasteiger partial charge in [-0.3, -0.25) is 9.69 Å². The van der Waals surface area contributed by atoms with Crippen LogP contribution in [0.4, 0.5) is 4.79 Å². The van der Waals surface area contributed by atoms with E-state index in [4.69, 9.17) is 24.0 Å². The quantitative estimate of drug-likeness (QED) is 0.458. The van der Waals surface area contributed by atoms with Crippen LogP contribution in [0.2, 0.25) is 0 Å². The molecule has 2 heterocycles. The fourth-order valence-corrected chi connectivity index (χ4v) is 4.99. The third-order valence-electron chi connectivity index (χ3n) is 7.27. The summed E-state index contributed by atoms with van der Waals surface area (Å²) in [6, 6.07) is 12.6. The first-order chi connectivity index (χ1) is 20.1. The van der Waals surface area contributed by atoms with Crippen molar-refractivity contribution in [3.05, 3.63) is 53.6 Å². The van der Waals surface area contributed by atoms with Gasteiger partial charge in [-0.15, -0.1) is 0 Å². The highest BCUT2D eigenvalue weighted by Crippen LogP contribution is 2.37. The molecule has 0 saturated carbocycles. The fourth-order valence-electron chi connectivity index (χ4n) is 4.99. The van der Waals surface area contributed by atoms with Gasteiger partial charge in [0.1, 0.15) is 12.3 Å². The zero-order chi connectivity index (χ0) is 30.3. The lowest BCUT2D eigenvalue weighted by molar-refractivity contribution is -0.133. The Hall–Kier alpha value is -3.83. The first kappa shape index (κ1) is 31.1. The van der Waals surface area contributed by atoms with E-state index in [-0.39, 0.29) is 24.5 Å². The molecule has 11 nitrogen and oxygen atoms in total. The number of nitrogens with one attached hydrogen (secondary N) is 1. The third-order valence-corrected chi connectivity index (χ3v) is 7.27. The molecular formula is C31H43N5O6. The van der Waals surface area contributed by atoms with Crippen molar-refractivity contribution in [3.8, 4) is 17.2 Å². The lowest BCUT2D eigenvalue weighted by atomic mass is 9.98. The van der Waals surface area contributed by atoms with Gasteiger partial charge in [0.2, 0.25) is 0 Å². The number of rotatable bonds is 10. The number of ether oxygens (including phenoxy) is 4. The molecule has 2 aliphatic rings. The van der Waals surface area contributed by atoms with Crippen LogP contribution < -0.4 is 19.5 Å². The van der Waals surface area contributed by atoms with Crippen molar-refractivity contribution in [1.82, 2.24) is 20.1 Å². The Balaban J connectivity index is 1.62. The molecule has 11 heteroatoms. The number of carbonyl (C=O) groups is 2. The van der Waals surface area contributed by atoms with Crippen LogP contribution in [0.1, 0.15) is 44.4 Å². The van der Waals surface area contributed by atoms with Gasteiger partial charge in [0.15, 0.2) is 11.5 Å². The Morgan fingerprint density at radius 2 is 1.69 bits per heavy atom. The number of hydrazone groups is 1. The van der Waals surface area contributed by atoms with Crippen LogP contribution in [-0.2, 0) is 9.53 Å². The molecule has 3 amide bonds. The average molecular weight is 582 g/mol. The van der Waals surface area contributed by atoms with Gasteiger partial charge in [-0.2, -0.15) is 5.10 Å². The molecule has 2 aromatic rings. The van der Waals surface area contributed by atoms with E-state index >= 15 is 0 Å². The van der Waals surface area contributed by atoms with Gasteiger partial charge in [-0.05, 0) is 68.3 Å². The van der Waals surface area contributed by atoms with E-state index in [1.165, 1.54) is 5.01 Å². The minimum absolute atomic E-state index is 0.116. The largest absolute Gasteiger partial charge is 0.497 e. The van der Waals surface area contributed by atoms with Gasteiger partial charge < -0.3 is 29.2 Å². The van der Waals surface area contributed by atoms with Crippen molar-refractivity contribution in [2.24, 2.45) is 5.10 Å². The van der Waals surface area contributed by atoms with E-state index in [1.54, 1.807) is 26.2 Å². The van der Waals surface area contributed by atoms with E-state index in [2.05, 4.69) is 10.2 Å². The number of urea groups is 1. The summed E-state index contributed by atoms with van der Waals surface area (Å²) in [5, 5.41) is 9.33. The standard InChI is InChI=1S/C31H43N5O6/c1-31(2,3)32-30(38)35(14-13-34-15-17-42-18-16-34)21-29(37)36-26(23-9-12-27(40-5)28(19-23)41-6)20-25(33-36)22-7-10-24(39-4)11-8-22/h7-12,19,26H,13-18,20-21H2,1-6H3,(H,32,38)/t26-/m0/s1. The van der Waals surface area contributed by atoms with Crippen molar-refractivity contribution in [3.63, 3.8) is 0 Å². The monoisotopic (exact) mass is 581 g/mol. The van der Waals surface area contributed by atoms with Crippen LogP contribution in [0.5, 0.6) is 17.2 Å². The maximum Gasteiger partial charge on any atom is 0.318 e. The summed E-state index contributed by atoms with van der Waals surface area (Å²) in [4.78, 5) is 31.2. The van der Waals surface area contributed by atoms with Gasteiger partial charge in [-0.1, -0.05) is 6.07 Å². The number of nitrogens with zero attached hydrogens (tertiary/aromatic N) is 4. The maximum absolute atomic E-state index is 14.0. The van der Waals surface area contributed by atoms with E-state index in [0.29, 0.717) is 44.2 Å². The van der Waals surface area contributed by atoms with Crippen LogP contribution in [-0.4, -0.2) is 105 Å².